The zero-order chi connectivity index (χ0) is 20.0. The molecule has 0 bridgehead atoms. The van der Waals surface area contributed by atoms with Crippen molar-refractivity contribution < 1.29 is 4.74 Å². The molecule has 0 aliphatic heterocycles. The molecule has 7 heteroatoms. The average molecular weight is 380 g/mol. The lowest BCUT2D eigenvalue weighted by atomic mass is 9.76. The fraction of sp³-hybridized carbons (Fsp3) is 0.381. The Morgan fingerprint density at radius 2 is 2.00 bits per heavy atom. The molecule has 0 amide bonds. The summed E-state index contributed by atoms with van der Waals surface area (Å²) in [6, 6.07) is 5.40. The molecule has 1 aromatic carbocycles. The number of nitrogens with zero attached hydrogens (tertiary/aromatic N) is 2. The van der Waals surface area contributed by atoms with Crippen LogP contribution in [0.2, 0.25) is 0 Å². The van der Waals surface area contributed by atoms with E-state index in [1.807, 2.05) is 6.07 Å². The zero-order valence-corrected chi connectivity index (χ0v) is 16.4. The molecule has 7 nitrogen and oxygen atoms in total. The van der Waals surface area contributed by atoms with Crippen molar-refractivity contribution in [3.63, 3.8) is 0 Å². The molecule has 1 aliphatic carbocycles. The topological polar surface area (TPSA) is 92.2 Å². The van der Waals surface area contributed by atoms with Crippen molar-refractivity contribution in [2.75, 3.05) is 7.11 Å². The number of allylic oxidation sites excluding steroid dienone is 2. The normalized spacial score (nSPS) is 22.9. The Balaban J connectivity index is 1.81. The van der Waals surface area contributed by atoms with Gasteiger partial charge in [0.25, 0.3) is 0 Å². The van der Waals surface area contributed by atoms with Crippen LogP contribution in [0.1, 0.15) is 27.2 Å². The van der Waals surface area contributed by atoms with E-state index in [2.05, 4.69) is 41.9 Å². The summed E-state index contributed by atoms with van der Waals surface area (Å²) in [7, 11) is 1.58. The van der Waals surface area contributed by atoms with Gasteiger partial charge < -0.3 is 14.7 Å². The van der Waals surface area contributed by atoms with Crippen molar-refractivity contribution in [1.82, 2.24) is 14.6 Å². The molecule has 3 aromatic rings. The van der Waals surface area contributed by atoms with Crippen molar-refractivity contribution in [1.29, 1.82) is 0 Å². The van der Waals surface area contributed by atoms with Crippen LogP contribution in [0, 0.1) is 17.8 Å². The van der Waals surface area contributed by atoms with Gasteiger partial charge in [-0.1, -0.05) is 25.5 Å². The van der Waals surface area contributed by atoms with Crippen LogP contribution in [0.25, 0.3) is 21.9 Å². The Morgan fingerprint density at radius 1 is 1.21 bits per heavy atom. The third-order valence-electron chi connectivity index (χ3n) is 5.65. The number of ether oxygens (including phenoxy) is 1. The van der Waals surface area contributed by atoms with Crippen molar-refractivity contribution in [2.45, 2.75) is 27.2 Å². The lowest BCUT2D eigenvalue weighted by Gasteiger charge is -2.29. The van der Waals surface area contributed by atoms with Crippen LogP contribution in [0.3, 0.4) is 0 Å². The minimum Gasteiger partial charge on any atom is -0.497 e. The van der Waals surface area contributed by atoms with Crippen LogP contribution in [-0.4, -0.2) is 28.0 Å². The first-order valence-electron chi connectivity index (χ1n) is 9.45. The quantitative estimate of drug-likeness (QED) is 0.540. The summed E-state index contributed by atoms with van der Waals surface area (Å²) < 4.78 is 6.13. The van der Waals surface area contributed by atoms with Crippen molar-refractivity contribution in [3.05, 3.63) is 50.7 Å². The lowest BCUT2D eigenvalue weighted by molar-refractivity contribution is 0.361. The fourth-order valence-corrected chi connectivity index (χ4v) is 4.27. The Labute approximate surface area is 161 Å². The van der Waals surface area contributed by atoms with Gasteiger partial charge in [0.1, 0.15) is 11.3 Å². The minimum atomic E-state index is -0.548. The predicted octanol–water partition coefficient (Wildman–Crippen LogP) is 3.25. The predicted molar refractivity (Wildman–Crippen MR) is 111 cm³/mol. The number of nitrogens with one attached hydrogen (secondary N) is 2. The van der Waals surface area contributed by atoms with Crippen LogP contribution in [0.5, 0.6) is 5.75 Å². The van der Waals surface area contributed by atoms with Gasteiger partial charge in [0.15, 0.2) is 0 Å². The van der Waals surface area contributed by atoms with Crippen LogP contribution < -0.4 is 16.0 Å². The van der Waals surface area contributed by atoms with Crippen LogP contribution >= 0.6 is 0 Å². The third kappa shape index (κ3) is 2.96. The Bertz CT molecular complexity index is 1230. The Hall–Kier alpha value is -3.09. The first kappa shape index (κ1) is 18.3. The second kappa shape index (κ2) is 6.82. The van der Waals surface area contributed by atoms with Gasteiger partial charge in [-0.3, -0.25) is 4.79 Å². The van der Waals surface area contributed by atoms with Crippen molar-refractivity contribution >= 4 is 28.2 Å². The van der Waals surface area contributed by atoms with E-state index in [4.69, 9.17) is 4.74 Å². The minimum absolute atomic E-state index is 0.178. The van der Waals surface area contributed by atoms with Gasteiger partial charge in [-0.15, -0.1) is 4.68 Å². The van der Waals surface area contributed by atoms with Gasteiger partial charge >= 0.3 is 11.2 Å². The van der Waals surface area contributed by atoms with E-state index in [1.165, 1.54) is 5.57 Å². The molecule has 0 unspecified atom stereocenters. The van der Waals surface area contributed by atoms with Crippen molar-refractivity contribution in [3.8, 4) is 5.75 Å². The molecule has 1 aliphatic rings. The Kier molecular flexibility index (Phi) is 4.45. The highest BCUT2D eigenvalue weighted by atomic mass is 16.5. The second-order valence-corrected chi connectivity index (χ2v) is 7.73. The van der Waals surface area contributed by atoms with E-state index in [1.54, 1.807) is 25.5 Å². The molecule has 146 valence electrons. The van der Waals surface area contributed by atoms with E-state index in [0.29, 0.717) is 28.6 Å². The van der Waals surface area contributed by atoms with Gasteiger partial charge in [-0.2, -0.15) is 5.10 Å². The zero-order valence-electron chi connectivity index (χ0n) is 16.4. The van der Waals surface area contributed by atoms with Crippen LogP contribution in [0.15, 0.2) is 44.5 Å². The van der Waals surface area contributed by atoms with E-state index >= 15 is 0 Å². The molecule has 4 rings (SSSR count). The maximum absolute atomic E-state index is 12.9. The summed E-state index contributed by atoms with van der Waals surface area (Å²) in [6.07, 6.45) is 4.97. The summed E-state index contributed by atoms with van der Waals surface area (Å²) in [4.78, 5) is 31.3. The number of benzene rings is 1. The summed E-state index contributed by atoms with van der Waals surface area (Å²) in [5, 5.41) is 5.03. The van der Waals surface area contributed by atoms with Crippen molar-refractivity contribution in [2.24, 2.45) is 22.9 Å². The number of H-pyrrole nitrogens is 2. The van der Waals surface area contributed by atoms with Gasteiger partial charge in [0.2, 0.25) is 0 Å². The smallest absolute Gasteiger partial charge is 0.350 e. The number of aromatic nitrogens is 3. The summed E-state index contributed by atoms with van der Waals surface area (Å²) in [5.74, 6) is 1.57. The Morgan fingerprint density at radius 3 is 2.71 bits per heavy atom. The van der Waals surface area contributed by atoms with E-state index < -0.39 is 11.2 Å². The molecule has 2 heterocycles. The monoisotopic (exact) mass is 380 g/mol. The number of methoxy groups -OCH3 is 1. The van der Waals surface area contributed by atoms with Gasteiger partial charge in [0, 0.05) is 23.6 Å². The molecular formula is C21H24N4O3. The summed E-state index contributed by atoms with van der Waals surface area (Å²) >= 11 is 0. The molecule has 3 atom stereocenters. The first-order valence-corrected chi connectivity index (χ1v) is 9.45. The van der Waals surface area contributed by atoms with Crippen LogP contribution in [-0.2, 0) is 0 Å². The van der Waals surface area contributed by atoms with E-state index in [9.17, 15) is 9.59 Å². The fourth-order valence-electron chi connectivity index (χ4n) is 4.27. The molecule has 0 fully saturated rings. The maximum Gasteiger partial charge on any atom is 0.350 e. The van der Waals surface area contributed by atoms with Gasteiger partial charge in [0.05, 0.1) is 18.1 Å². The highest BCUT2D eigenvalue weighted by molar-refractivity contribution is 6.04. The maximum atomic E-state index is 12.9. The molecular weight excluding hydrogens is 356 g/mol. The van der Waals surface area contributed by atoms with Crippen LogP contribution in [0.4, 0.5) is 0 Å². The summed E-state index contributed by atoms with van der Waals surface area (Å²) in [6.45, 7) is 6.44. The average Bonchev–Trinajstić information content (AvgIpc) is 3.01. The second-order valence-electron chi connectivity index (χ2n) is 7.73. The lowest BCUT2D eigenvalue weighted by Crippen LogP contribution is -2.33. The number of hydrogen-bond acceptors (Lipinski definition) is 4. The molecule has 0 spiro atoms. The molecule has 28 heavy (non-hydrogen) atoms. The van der Waals surface area contributed by atoms with E-state index in [0.717, 1.165) is 22.0 Å². The van der Waals surface area contributed by atoms with Gasteiger partial charge in [-0.05, 0) is 37.3 Å². The molecule has 2 aromatic heterocycles. The number of fused-ring (bicyclic) bond motifs is 3. The molecule has 0 radical (unpaired) electrons. The number of hydrogen-bond donors (Lipinski definition) is 2. The highest BCUT2D eigenvalue weighted by Crippen LogP contribution is 2.32. The molecule has 0 saturated carbocycles. The third-order valence-corrected chi connectivity index (χ3v) is 5.65. The number of rotatable bonds is 3. The number of aromatic amines is 2. The van der Waals surface area contributed by atoms with E-state index in [-0.39, 0.29) is 5.92 Å². The first-order chi connectivity index (χ1) is 13.4. The van der Waals surface area contributed by atoms with Gasteiger partial charge in [-0.25, -0.2) is 4.79 Å². The summed E-state index contributed by atoms with van der Waals surface area (Å²) in [5.41, 5.74) is 1.88. The standard InChI is InChI=1S/C21H24N4O3/c1-11-7-12(2)16(13(3)8-11)10-22-25-20(26)19-18(24-21(25)27)15-6-5-14(28-4)9-17(15)23-19/h5-7,9-10,12-13,16,23H,8H2,1-4H3,(H,24,27)/t12-,13+,16+/m0/s1. The molecule has 2 N–H and O–H groups in total. The highest BCUT2D eigenvalue weighted by Gasteiger charge is 2.25. The SMILES string of the molecule is COc1ccc2c(c1)[nH]c1c(=O)n(N=C[C@H]3[C@H](C)CC(C)=C[C@@H]3C)c(=O)[nH]c12. The molecule has 0 saturated heterocycles. The largest absolute Gasteiger partial charge is 0.497 e.